The lowest BCUT2D eigenvalue weighted by Gasteiger charge is -2.34. The van der Waals surface area contributed by atoms with E-state index < -0.39 is 0 Å². The Hall–Kier alpha value is -3.00. The molecule has 162 valence electrons. The lowest BCUT2D eigenvalue weighted by atomic mass is 10.2. The summed E-state index contributed by atoms with van der Waals surface area (Å²) in [4.78, 5) is 30.5. The van der Waals surface area contributed by atoms with Crippen molar-refractivity contribution in [1.29, 1.82) is 0 Å². The number of urea groups is 1. The maximum absolute atomic E-state index is 12.6. The maximum atomic E-state index is 12.6. The van der Waals surface area contributed by atoms with Crippen molar-refractivity contribution in [3.63, 3.8) is 0 Å². The lowest BCUT2D eigenvalue weighted by molar-refractivity contribution is 0.0632. The van der Waals surface area contributed by atoms with E-state index in [1.165, 1.54) is 0 Å². The molecule has 0 unspecified atom stereocenters. The van der Waals surface area contributed by atoms with E-state index in [2.05, 4.69) is 10.2 Å². The summed E-state index contributed by atoms with van der Waals surface area (Å²) in [5.41, 5.74) is 0.937. The van der Waals surface area contributed by atoms with Crippen LogP contribution in [0.1, 0.15) is 21.9 Å². The maximum Gasteiger partial charge on any atom is 0.317 e. The Morgan fingerprint density at radius 2 is 1.77 bits per heavy atom. The molecule has 1 saturated heterocycles. The fourth-order valence-electron chi connectivity index (χ4n) is 3.23. The SMILES string of the molecule is Cc1ccc(C(=O)N2CCN(C(=O)NCc3ccccc3OCCN(C)C)CC2)o1. The Balaban J connectivity index is 1.47. The van der Waals surface area contributed by atoms with Gasteiger partial charge in [0.25, 0.3) is 5.91 Å². The van der Waals surface area contributed by atoms with Crippen molar-refractivity contribution in [2.24, 2.45) is 0 Å². The third-order valence-corrected chi connectivity index (χ3v) is 5.00. The number of amides is 3. The van der Waals surface area contributed by atoms with E-state index in [4.69, 9.17) is 9.15 Å². The number of ether oxygens (including phenoxy) is 1. The average molecular weight is 415 g/mol. The van der Waals surface area contributed by atoms with Crippen LogP contribution in [-0.2, 0) is 6.54 Å². The van der Waals surface area contributed by atoms with Crippen molar-refractivity contribution in [2.75, 3.05) is 53.4 Å². The van der Waals surface area contributed by atoms with Gasteiger partial charge in [-0.1, -0.05) is 18.2 Å². The van der Waals surface area contributed by atoms with Crippen molar-refractivity contribution in [3.05, 3.63) is 53.5 Å². The number of carbonyl (C=O) groups excluding carboxylic acids is 2. The molecule has 1 aliphatic heterocycles. The van der Waals surface area contributed by atoms with Gasteiger partial charge in [-0.05, 0) is 39.2 Å². The van der Waals surface area contributed by atoms with Gasteiger partial charge in [0.1, 0.15) is 18.1 Å². The number of aryl methyl sites for hydroxylation is 1. The second kappa shape index (κ2) is 10.2. The lowest BCUT2D eigenvalue weighted by Crippen LogP contribution is -2.53. The van der Waals surface area contributed by atoms with Crippen LogP contribution in [0.3, 0.4) is 0 Å². The normalized spacial score (nSPS) is 14.1. The van der Waals surface area contributed by atoms with Crippen LogP contribution in [0.4, 0.5) is 4.79 Å². The van der Waals surface area contributed by atoms with E-state index in [0.717, 1.165) is 17.9 Å². The topological polar surface area (TPSA) is 78.3 Å². The van der Waals surface area contributed by atoms with Gasteiger partial charge in [0, 0.05) is 44.8 Å². The predicted octanol–water partition coefficient (Wildman–Crippen LogP) is 2.20. The fraction of sp³-hybridized carbons (Fsp3) is 0.455. The number of nitrogens with zero attached hydrogens (tertiary/aromatic N) is 3. The molecule has 0 aliphatic carbocycles. The third kappa shape index (κ3) is 5.76. The minimum atomic E-state index is -0.140. The van der Waals surface area contributed by atoms with Gasteiger partial charge in [-0.25, -0.2) is 4.79 Å². The molecule has 0 saturated carbocycles. The first-order valence-corrected chi connectivity index (χ1v) is 10.2. The number of rotatable bonds is 7. The quantitative estimate of drug-likeness (QED) is 0.752. The number of carbonyl (C=O) groups is 2. The highest BCUT2D eigenvalue weighted by atomic mass is 16.5. The first kappa shape index (κ1) is 21.7. The number of benzene rings is 1. The van der Waals surface area contributed by atoms with Gasteiger partial charge in [0.2, 0.25) is 0 Å². The highest BCUT2D eigenvalue weighted by Crippen LogP contribution is 2.18. The highest BCUT2D eigenvalue weighted by Gasteiger charge is 2.26. The van der Waals surface area contributed by atoms with E-state index in [-0.39, 0.29) is 11.9 Å². The van der Waals surface area contributed by atoms with Gasteiger partial charge in [-0.15, -0.1) is 0 Å². The summed E-state index contributed by atoms with van der Waals surface area (Å²) >= 11 is 0. The van der Waals surface area contributed by atoms with Crippen LogP contribution in [0.5, 0.6) is 5.75 Å². The highest BCUT2D eigenvalue weighted by molar-refractivity contribution is 5.91. The van der Waals surface area contributed by atoms with Crippen molar-refractivity contribution >= 4 is 11.9 Å². The first-order chi connectivity index (χ1) is 14.4. The largest absolute Gasteiger partial charge is 0.492 e. The Bertz CT molecular complexity index is 856. The van der Waals surface area contributed by atoms with E-state index in [1.807, 2.05) is 45.3 Å². The zero-order chi connectivity index (χ0) is 21.5. The molecule has 2 aromatic rings. The van der Waals surface area contributed by atoms with Crippen molar-refractivity contribution in [1.82, 2.24) is 20.0 Å². The van der Waals surface area contributed by atoms with Crippen LogP contribution in [0.15, 0.2) is 40.8 Å². The molecule has 1 aromatic carbocycles. The van der Waals surface area contributed by atoms with Gasteiger partial charge in [0.15, 0.2) is 5.76 Å². The van der Waals surface area contributed by atoms with E-state index in [9.17, 15) is 9.59 Å². The Morgan fingerprint density at radius 1 is 1.07 bits per heavy atom. The van der Waals surface area contributed by atoms with Crippen LogP contribution >= 0.6 is 0 Å². The third-order valence-electron chi connectivity index (χ3n) is 5.00. The fourth-order valence-corrected chi connectivity index (χ4v) is 3.23. The molecule has 1 N–H and O–H groups in total. The number of piperazine rings is 1. The molecule has 1 aromatic heterocycles. The number of nitrogens with one attached hydrogen (secondary N) is 1. The Kier molecular flexibility index (Phi) is 7.35. The molecule has 3 rings (SSSR count). The van der Waals surface area contributed by atoms with E-state index in [0.29, 0.717) is 50.9 Å². The molecule has 8 nitrogen and oxygen atoms in total. The zero-order valence-electron chi connectivity index (χ0n) is 17.9. The molecule has 0 spiro atoms. The van der Waals surface area contributed by atoms with Crippen LogP contribution in [-0.4, -0.2) is 80.1 Å². The molecular weight excluding hydrogens is 384 g/mol. The zero-order valence-corrected chi connectivity index (χ0v) is 17.9. The minimum absolute atomic E-state index is 0.132. The summed E-state index contributed by atoms with van der Waals surface area (Å²) in [6.45, 7) is 5.54. The van der Waals surface area contributed by atoms with E-state index >= 15 is 0 Å². The molecule has 3 amide bonds. The second-order valence-electron chi connectivity index (χ2n) is 7.61. The second-order valence-corrected chi connectivity index (χ2v) is 7.61. The molecule has 8 heteroatoms. The number of hydrogen-bond acceptors (Lipinski definition) is 5. The molecule has 1 aliphatic rings. The Labute approximate surface area is 177 Å². The van der Waals surface area contributed by atoms with Crippen molar-refractivity contribution in [3.8, 4) is 5.75 Å². The van der Waals surface area contributed by atoms with Crippen LogP contribution in [0.2, 0.25) is 0 Å². The van der Waals surface area contributed by atoms with E-state index in [1.54, 1.807) is 21.9 Å². The molecule has 0 atom stereocenters. The predicted molar refractivity (Wildman–Crippen MR) is 114 cm³/mol. The summed E-state index contributed by atoms with van der Waals surface area (Å²) in [7, 11) is 4.00. The smallest absolute Gasteiger partial charge is 0.317 e. The van der Waals surface area contributed by atoms with Gasteiger partial charge in [-0.2, -0.15) is 0 Å². The van der Waals surface area contributed by atoms with Crippen LogP contribution in [0.25, 0.3) is 0 Å². The molecule has 1 fully saturated rings. The number of hydrogen-bond donors (Lipinski definition) is 1. The minimum Gasteiger partial charge on any atom is -0.492 e. The monoisotopic (exact) mass is 414 g/mol. The summed E-state index contributed by atoms with van der Waals surface area (Å²) in [6.07, 6.45) is 0. The first-order valence-electron chi connectivity index (χ1n) is 10.2. The van der Waals surface area contributed by atoms with Crippen LogP contribution < -0.4 is 10.1 Å². The van der Waals surface area contributed by atoms with Crippen LogP contribution in [0, 0.1) is 6.92 Å². The van der Waals surface area contributed by atoms with Gasteiger partial charge < -0.3 is 29.2 Å². The molecule has 30 heavy (non-hydrogen) atoms. The summed E-state index contributed by atoms with van der Waals surface area (Å²) < 4.78 is 11.3. The number of para-hydroxylation sites is 1. The Morgan fingerprint density at radius 3 is 2.43 bits per heavy atom. The molecule has 0 bridgehead atoms. The molecule has 2 heterocycles. The standard InChI is InChI=1S/C22H30N4O4/c1-17-8-9-20(30-17)21(27)25-10-12-26(13-11-25)22(28)23-16-18-6-4-5-7-19(18)29-15-14-24(2)3/h4-9H,10-16H2,1-3H3,(H,23,28). The summed E-state index contributed by atoms with van der Waals surface area (Å²) in [5.74, 6) is 1.70. The summed E-state index contributed by atoms with van der Waals surface area (Å²) in [5, 5.41) is 2.96. The van der Waals surface area contributed by atoms with Gasteiger partial charge in [0.05, 0.1) is 0 Å². The number of furan rings is 1. The number of likely N-dealkylation sites (N-methyl/N-ethyl adjacent to an activating group) is 1. The average Bonchev–Trinajstić information content (AvgIpc) is 3.18. The van der Waals surface area contributed by atoms with Crippen molar-refractivity contribution < 1.29 is 18.7 Å². The molecular formula is C22H30N4O4. The van der Waals surface area contributed by atoms with Gasteiger partial charge >= 0.3 is 6.03 Å². The van der Waals surface area contributed by atoms with Gasteiger partial charge in [-0.3, -0.25) is 4.79 Å². The summed E-state index contributed by atoms with van der Waals surface area (Å²) in [6, 6.07) is 11.0. The van der Waals surface area contributed by atoms with Crippen molar-refractivity contribution in [2.45, 2.75) is 13.5 Å². The molecule has 0 radical (unpaired) electrons.